The van der Waals surface area contributed by atoms with Crippen molar-refractivity contribution in [3.05, 3.63) is 70.7 Å². The SMILES string of the molecule is O=C(COC(=O)[C@@H]1CC(=O)N(NC(=O)c2ccc(Cl)cc2)C1)c1ccccc1. The molecule has 2 amide bonds. The van der Waals surface area contributed by atoms with Crippen molar-refractivity contribution in [1.82, 2.24) is 10.4 Å². The predicted octanol–water partition coefficient (Wildman–Crippen LogP) is 2.26. The lowest BCUT2D eigenvalue weighted by Crippen LogP contribution is -2.43. The fraction of sp³-hybridized carbons (Fsp3) is 0.200. The van der Waals surface area contributed by atoms with Crippen LogP contribution in [0.1, 0.15) is 27.1 Å². The molecule has 1 N–H and O–H groups in total. The van der Waals surface area contributed by atoms with Crippen molar-refractivity contribution in [2.45, 2.75) is 6.42 Å². The summed E-state index contributed by atoms with van der Waals surface area (Å²) < 4.78 is 5.05. The Kier molecular flexibility index (Phi) is 6.06. The molecule has 0 aliphatic carbocycles. The number of carbonyl (C=O) groups is 4. The molecule has 28 heavy (non-hydrogen) atoms. The van der Waals surface area contributed by atoms with Gasteiger partial charge in [0.25, 0.3) is 5.91 Å². The van der Waals surface area contributed by atoms with Crippen LogP contribution in [-0.2, 0) is 14.3 Å². The first kappa shape index (κ1) is 19.6. The first-order chi connectivity index (χ1) is 13.4. The lowest BCUT2D eigenvalue weighted by atomic mass is 10.1. The van der Waals surface area contributed by atoms with Gasteiger partial charge in [-0.3, -0.25) is 29.6 Å². The van der Waals surface area contributed by atoms with Gasteiger partial charge in [0.1, 0.15) is 0 Å². The minimum atomic E-state index is -0.749. The van der Waals surface area contributed by atoms with Crippen molar-refractivity contribution in [2.24, 2.45) is 5.92 Å². The van der Waals surface area contributed by atoms with Crippen molar-refractivity contribution >= 4 is 35.2 Å². The number of amides is 2. The molecular weight excluding hydrogens is 384 g/mol. The van der Waals surface area contributed by atoms with E-state index in [0.29, 0.717) is 16.1 Å². The molecule has 2 aromatic carbocycles. The van der Waals surface area contributed by atoms with Crippen LogP contribution in [0.15, 0.2) is 54.6 Å². The number of halogens is 1. The summed E-state index contributed by atoms with van der Waals surface area (Å²) >= 11 is 5.78. The van der Waals surface area contributed by atoms with Crippen LogP contribution in [0.25, 0.3) is 0 Å². The van der Waals surface area contributed by atoms with Crippen LogP contribution in [-0.4, -0.2) is 41.7 Å². The van der Waals surface area contributed by atoms with Crippen molar-refractivity contribution in [1.29, 1.82) is 0 Å². The Balaban J connectivity index is 1.52. The van der Waals surface area contributed by atoms with Crippen LogP contribution >= 0.6 is 11.6 Å². The number of nitrogens with zero attached hydrogens (tertiary/aromatic N) is 1. The normalized spacial score (nSPS) is 16.0. The summed E-state index contributed by atoms with van der Waals surface area (Å²) in [6, 6.07) is 14.6. The molecule has 7 nitrogen and oxygen atoms in total. The highest BCUT2D eigenvalue weighted by Gasteiger charge is 2.36. The molecule has 1 aliphatic rings. The van der Waals surface area contributed by atoms with Crippen LogP contribution in [0.5, 0.6) is 0 Å². The van der Waals surface area contributed by atoms with Crippen molar-refractivity contribution < 1.29 is 23.9 Å². The summed E-state index contributed by atoms with van der Waals surface area (Å²) in [6.45, 7) is -0.415. The highest BCUT2D eigenvalue weighted by molar-refractivity contribution is 6.30. The molecule has 8 heteroatoms. The largest absolute Gasteiger partial charge is 0.457 e. The van der Waals surface area contributed by atoms with Gasteiger partial charge in [0.15, 0.2) is 12.4 Å². The van der Waals surface area contributed by atoms with Gasteiger partial charge >= 0.3 is 5.97 Å². The number of ketones is 1. The Bertz CT molecular complexity index is 899. The van der Waals surface area contributed by atoms with E-state index in [1.807, 2.05) is 0 Å². The fourth-order valence-electron chi connectivity index (χ4n) is 2.72. The van der Waals surface area contributed by atoms with Crippen molar-refractivity contribution in [3.8, 4) is 0 Å². The van der Waals surface area contributed by atoms with Crippen LogP contribution in [0.2, 0.25) is 5.02 Å². The van der Waals surface area contributed by atoms with Gasteiger partial charge in [0.05, 0.1) is 12.5 Å². The first-order valence-corrected chi connectivity index (χ1v) is 8.93. The Labute approximate surface area is 166 Å². The summed E-state index contributed by atoms with van der Waals surface area (Å²) in [5.74, 6) is -2.62. The highest BCUT2D eigenvalue weighted by atomic mass is 35.5. The van der Waals surface area contributed by atoms with Gasteiger partial charge in [-0.15, -0.1) is 0 Å². The van der Waals surface area contributed by atoms with Gasteiger partial charge in [-0.25, -0.2) is 0 Å². The molecule has 0 bridgehead atoms. The third-order valence-electron chi connectivity index (χ3n) is 4.24. The maximum atomic E-state index is 12.2. The van der Waals surface area contributed by atoms with Crippen molar-refractivity contribution in [2.75, 3.05) is 13.2 Å². The standard InChI is InChI=1S/C20H17ClN2O5/c21-16-8-6-14(7-9-16)19(26)22-23-11-15(10-18(23)25)20(27)28-12-17(24)13-4-2-1-3-5-13/h1-9,15H,10-12H2,(H,22,26)/t15-/m1/s1. The lowest BCUT2D eigenvalue weighted by molar-refractivity contribution is -0.147. The second-order valence-electron chi connectivity index (χ2n) is 6.25. The number of Topliss-reactive ketones (excluding diaryl/α,β-unsaturated/α-hetero) is 1. The third kappa shape index (κ3) is 4.75. The number of esters is 1. The maximum absolute atomic E-state index is 12.2. The second-order valence-corrected chi connectivity index (χ2v) is 6.69. The molecule has 2 aromatic rings. The molecule has 0 radical (unpaired) electrons. The number of nitrogens with one attached hydrogen (secondary N) is 1. The zero-order valence-electron chi connectivity index (χ0n) is 14.8. The third-order valence-corrected chi connectivity index (χ3v) is 4.49. The second kappa shape index (κ2) is 8.67. The van der Waals surface area contributed by atoms with Crippen LogP contribution in [0.4, 0.5) is 0 Å². The van der Waals surface area contributed by atoms with E-state index in [9.17, 15) is 19.2 Å². The monoisotopic (exact) mass is 400 g/mol. The molecular formula is C20H17ClN2O5. The molecule has 1 aliphatic heterocycles. The zero-order valence-corrected chi connectivity index (χ0v) is 15.5. The Morgan fingerprint density at radius 2 is 1.71 bits per heavy atom. The minimum absolute atomic E-state index is 0.0173. The van der Waals surface area contributed by atoms with Gasteiger partial charge in [0, 0.05) is 22.6 Å². The summed E-state index contributed by atoms with van der Waals surface area (Å²) in [6.07, 6.45) is -0.0980. The van der Waals surface area contributed by atoms with Gasteiger partial charge in [-0.1, -0.05) is 41.9 Å². The van der Waals surface area contributed by atoms with Gasteiger partial charge in [0.2, 0.25) is 5.91 Å². The average molecular weight is 401 g/mol. The van der Waals surface area contributed by atoms with E-state index in [1.165, 1.54) is 12.1 Å². The summed E-state index contributed by atoms with van der Waals surface area (Å²) in [5, 5.41) is 1.57. The number of benzene rings is 2. The van der Waals surface area contributed by atoms with E-state index in [1.54, 1.807) is 42.5 Å². The number of hydrogen-bond donors (Lipinski definition) is 1. The molecule has 144 valence electrons. The highest BCUT2D eigenvalue weighted by Crippen LogP contribution is 2.18. The predicted molar refractivity (Wildman–Crippen MR) is 100 cm³/mol. The number of rotatable bonds is 6. The Morgan fingerprint density at radius 1 is 1.04 bits per heavy atom. The number of hydrogen-bond acceptors (Lipinski definition) is 5. The number of hydrazine groups is 1. The van der Waals surface area contributed by atoms with E-state index in [2.05, 4.69) is 5.43 Å². The van der Waals surface area contributed by atoms with Gasteiger partial charge < -0.3 is 4.74 Å². The fourth-order valence-corrected chi connectivity index (χ4v) is 2.85. The van der Waals surface area contributed by atoms with E-state index >= 15 is 0 Å². The van der Waals surface area contributed by atoms with Crippen LogP contribution in [0, 0.1) is 5.92 Å². The molecule has 0 saturated carbocycles. The number of carbonyl (C=O) groups excluding carboxylic acids is 4. The molecule has 0 unspecified atom stereocenters. The summed E-state index contributed by atoms with van der Waals surface area (Å²) in [5.41, 5.74) is 3.24. The molecule has 0 spiro atoms. The Hall–Kier alpha value is -3.19. The van der Waals surface area contributed by atoms with E-state index in [-0.39, 0.29) is 18.7 Å². The van der Waals surface area contributed by atoms with Crippen molar-refractivity contribution in [3.63, 3.8) is 0 Å². The minimum Gasteiger partial charge on any atom is -0.457 e. The average Bonchev–Trinajstić information content (AvgIpc) is 3.07. The summed E-state index contributed by atoms with van der Waals surface area (Å²) in [4.78, 5) is 48.5. The first-order valence-electron chi connectivity index (χ1n) is 8.56. The van der Waals surface area contributed by atoms with Crippen LogP contribution < -0.4 is 5.43 Å². The Morgan fingerprint density at radius 3 is 2.39 bits per heavy atom. The molecule has 0 aromatic heterocycles. The molecule has 1 fully saturated rings. The molecule has 3 rings (SSSR count). The summed E-state index contributed by atoms with van der Waals surface area (Å²) in [7, 11) is 0. The van der Waals surface area contributed by atoms with Gasteiger partial charge in [-0.2, -0.15) is 0 Å². The topological polar surface area (TPSA) is 92.8 Å². The quantitative estimate of drug-likeness (QED) is 0.593. The lowest BCUT2D eigenvalue weighted by Gasteiger charge is -2.17. The van der Waals surface area contributed by atoms with E-state index in [4.69, 9.17) is 16.3 Å². The molecule has 1 heterocycles. The van der Waals surface area contributed by atoms with Gasteiger partial charge in [-0.05, 0) is 24.3 Å². The van der Waals surface area contributed by atoms with E-state index < -0.39 is 30.3 Å². The van der Waals surface area contributed by atoms with Crippen LogP contribution in [0.3, 0.4) is 0 Å². The maximum Gasteiger partial charge on any atom is 0.311 e. The molecule has 1 atom stereocenters. The zero-order chi connectivity index (χ0) is 20.1. The smallest absolute Gasteiger partial charge is 0.311 e. The van der Waals surface area contributed by atoms with E-state index in [0.717, 1.165) is 5.01 Å². The molecule has 1 saturated heterocycles. The number of ether oxygens (including phenoxy) is 1.